The minimum absolute atomic E-state index is 0.736. The van der Waals surface area contributed by atoms with E-state index in [4.69, 9.17) is 9.47 Å². The molecule has 0 aliphatic carbocycles. The number of thiazole rings is 1. The zero-order chi connectivity index (χ0) is 19.6. The number of aliphatic imine (C=N–C) groups is 1. The number of hydrogen-bond acceptors (Lipinski definition) is 6. The molecule has 0 atom stereocenters. The largest absolute Gasteiger partial charge is 0.493 e. The molecule has 1 heterocycles. The van der Waals surface area contributed by atoms with Crippen LogP contribution in [0.3, 0.4) is 0 Å². The molecule has 1 aromatic heterocycles. The Labute approximate surface area is 170 Å². The molecular formula is C19H28N4O2S2. The normalized spacial score (nSPS) is 11.4. The predicted octanol–water partition coefficient (Wildman–Crippen LogP) is 3.66. The van der Waals surface area contributed by atoms with Crippen LogP contribution < -0.4 is 14.8 Å². The van der Waals surface area contributed by atoms with Gasteiger partial charge in [0.1, 0.15) is 4.34 Å². The number of nitrogens with zero attached hydrogens (tertiary/aromatic N) is 3. The van der Waals surface area contributed by atoms with Gasteiger partial charge in [-0.05, 0) is 36.6 Å². The zero-order valence-corrected chi connectivity index (χ0v) is 18.2. The standard InChI is InChI=1S/C19H28N4O2S2/c1-14-11-16(24-4)17(25-5)12-15(14)13-23(3)18(20-2)21-7-6-9-26-19-22-8-10-27-19/h8,10-12H,6-7,9,13H2,1-5H3,(H,20,21). The molecule has 0 saturated carbocycles. The van der Waals surface area contributed by atoms with Gasteiger partial charge in [-0.2, -0.15) is 0 Å². The van der Waals surface area contributed by atoms with E-state index in [2.05, 4.69) is 27.1 Å². The van der Waals surface area contributed by atoms with Crippen molar-refractivity contribution < 1.29 is 9.47 Å². The number of guanidine groups is 1. The second-order valence-corrected chi connectivity index (χ2v) is 8.20. The Hall–Kier alpha value is -1.93. The van der Waals surface area contributed by atoms with E-state index in [0.717, 1.165) is 52.6 Å². The van der Waals surface area contributed by atoms with Gasteiger partial charge in [-0.1, -0.05) is 11.8 Å². The van der Waals surface area contributed by atoms with Crippen molar-refractivity contribution in [2.45, 2.75) is 24.2 Å². The average molecular weight is 409 g/mol. The van der Waals surface area contributed by atoms with Crippen LogP contribution in [0, 0.1) is 6.92 Å². The summed E-state index contributed by atoms with van der Waals surface area (Å²) < 4.78 is 11.9. The number of rotatable bonds is 9. The molecule has 148 valence electrons. The maximum absolute atomic E-state index is 5.43. The molecule has 0 radical (unpaired) electrons. The van der Waals surface area contributed by atoms with Gasteiger partial charge >= 0.3 is 0 Å². The van der Waals surface area contributed by atoms with Crippen LogP contribution >= 0.6 is 23.1 Å². The molecule has 27 heavy (non-hydrogen) atoms. The number of aryl methyl sites for hydroxylation is 1. The molecule has 0 fully saturated rings. The van der Waals surface area contributed by atoms with Crippen LogP contribution in [-0.4, -0.2) is 56.5 Å². The summed E-state index contributed by atoms with van der Waals surface area (Å²) in [5, 5.41) is 5.44. The van der Waals surface area contributed by atoms with Gasteiger partial charge in [0.05, 0.1) is 14.2 Å². The van der Waals surface area contributed by atoms with Crippen LogP contribution in [0.1, 0.15) is 17.5 Å². The fraction of sp³-hybridized carbons (Fsp3) is 0.474. The van der Waals surface area contributed by atoms with Gasteiger partial charge in [-0.25, -0.2) is 4.98 Å². The first kappa shape index (κ1) is 21.4. The van der Waals surface area contributed by atoms with E-state index in [-0.39, 0.29) is 0 Å². The fourth-order valence-corrected chi connectivity index (χ4v) is 4.27. The van der Waals surface area contributed by atoms with Crippen molar-refractivity contribution in [3.8, 4) is 11.5 Å². The first-order chi connectivity index (χ1) is 13.1. The summed E-state index contributed by atoms with van der Waals surface area (Å²) in [4.78, 5) is 10.8. The first-order valence-electron chi connectivity index (χ1n) is 8.74. The SMILES string of the molecule is CN=C(NCCCSc1nccs1)N(C)Cc1cc(OC)c(OC)cc1C. The molecule has 0 amide bonds. The summed E-state index contributed by atoms with van der Waals surface area (Å²) in [5.74, 6) is 3.41. The van der Waals surface area contributed by atoms with Crippen LogP contribution in [0.15, 0.2) is 33.0 Å². The van der Waals surface area contributed by atoms with Crippen LogP contribution in [0.4, 0.5) is 0 Å². The maximum Gasteiger partial charge on any atom is 0.193 e. The lowest BCUT2D eigenvalue weighted by molar-refractivity contribution is 0.353. The van der Waals surface area contributed by atoms with Crippen molar-refractivity contribution in [3.05, 3.63) is 34.8 Å². The number of nitrogens with one attached hydrogen (secondary N) is 1. The van der Waals surface area contributed by atoms with Crippen molar-refractivity contribution in [3.63, 3.8) is 0 Å². The number of benzene rings is 1. The highest BCUT2D eigenvalue weighted by molar-refractivity contribution is 8.00. The molecule has 0 aliphatic heterocycles. The third-order valence-electron chi connectivity index (χ3n) is 4.06. The number of ether oxygens (including phenoxy) is 2. The van der Waals surface area contributed by atoms with Crippen molar-refractivity contribution >= 4 is 29.1 Å². The number of thioether (sulfide) groups is 1. The number of hydrogen-bond donors (Lipinski definition) is 1. The molecule has 0 unspecified atom stereocenters. The van der Waals surface area contributed by atoms with E-state index < -0.39 is 0 Å². The third kappa shape index (κ3) is 6.32. The Morgan fingerprint density at radius 2 is 2.04 bits per heavy atom. The van der Waals surface area contributed by atoms with E-state index in [1.165, 1.54) is 5.56 Å². The lowest BCUT2D eigenvalue weighted by Gasteiger charge is -2.23. The van der Waals surface area contributed by atoms with Crippen molar-refractivity contribution in [1.82, 2.24) is 15.2 Å². The number of aromatic nitrogens is 1. The Bertz CT molecular complexity index is 736. The van der Waals surface area contributed by atoms with Gasteiger partial charge in [0.2, 0.25) is 0 Å². The lowest BCUT2D eigenvalue weighted by atomic mass is 10.1. The van der Waals surface area contributed by atoms with Crippen LogP contribution in [-0.2, 0) is 6.54 Å². The fourth-order valence-electron chi connectivity index (χ4n) is 2.62. The highest BCUT2D eigenvalue weighted by atomic mass is 32.2. The monoisotopic (exact) mass is 408 g/mol. The molecule has 6 nitrogen and oxygen atoms in total. The molecule has 1 N–H and O–H groups in total. The summed E-state index contributed by atoms with van der Waals surface area (Å²) in [6.45, 7) is 3.69. The summed E-state index contributed by atoms with van der Waals surface area (Å²) in [6, 6.07) is 4.04. The molecule has 0 aliphatic rings. The summed E-state index contributed by atoms with van der Waals surface area (Å²) in [5.41, 5.74) is 2.34. The quantitative estimate of drug-likeness (QED) is 0.296. The summed E-state index contributed by atoms with van der Waals surface area (Å²) in [7, 11) is 7.16. The minimum atomic E-state index is 0.736. The molecule has 0 spiro atoms. The Morgan fingerprint density at radius 1 is 1.30 bits per heavy atom. The van der Waals surface area contributed by atoms with E-state index in [1.807, 2.05) is 37.8 Å². The van der Waals surface area contributed by atoms with E-state index >= 15 is 0 Å². The van der Waals surface area contributed by atoms with E-state index in [0.29, 0.717) is 0 Å². The molecule has 2 aromatic rings. The molecule has 0 saturated heterocycles. The molecule has 2 rings (SSSR count). The highest BCUT2D eigenvalue weighted by Crippen LogP contribution is 2.30. The lowest BCUT2D eigenvalue weighted by Crippen LogP contribution is -2.39. The van der Waals surface area contributed by atoms with Gasteiger partial charge in [0.25, 0.3) is 0 Å². The molecular weight excluding hydrogens is 380 g/mol. The summed E-state index contributed by atoms with van der Waals surface area (Å²) in [6.07, 6.45) is 2.89. The Balaban J connectivity index is 1.86. The van der Waals surface area contributed by atoms with Crippen LogP contribution in [0.2, 0.25) is 0 Å². The van der Waals surface area contributed by atoms with Crippen molar-refractivity contribution in [2.75, 3.05) is 40.6 Å². The molecule has 1 aromatic carbocycles. The van der Waals surface area contributed by atoms with Crippen molar-refractivity contribution in [2.24, 2.45) is 4.99 Å². The van der Waals surface area contributed by atoms with E-state index in [9.17, 15) is 0 Å². The average Bonchev–Trinajstić information content (AvgIpc) is 3.19. The second-order valence-electron chi connectivity index (χ2n) is 5.96. The smallest absolute Gasteiger partial charge is 0.193 e. The number of methoxy groups -OCH3 is 2. The Morgan fingerprint density at radius 3 is 2.67 bits per heavy atom. The van der Waals surface area contributed by atoms with Gasteiger partial charge in [0, 0.05) is 44.5 Å². The van der Waals surface area contributed by atoms with Gasteiger partial charge in [-0.3, -0.25) is 4.99 Å². The minimum Gasteiger partial charge on any atom is -0.493 e. The maximum atomic E-state index is 5.43. The molecule has 0 bridgehead atoms. The van der Waals surface area contributed by atoms with Gasteiger partial charge in [-0.15, -0.1) is 11.3 Å². The predicted molar refractivity (Wildman–Crippen MR) is 115 cm³/mol. The topological polar surface area (TPSA) is 59.0 Å². The summed E-state index contributed by atoms with van der Waals surface area (Å²) >= 11 is 3.48. The first-order valence-corrected chi connectivity index (χ1v) is 10.6. The van der Waals surface area contributed by atoms with Crippen molar-refractivity contribution in [1.29, 1.82) is 0 Å². The van der Waals surface area contributed by atoms with E-state index in [1.54, 1.807) is 37.3 Å². The molecule has 8 heteroatoms. The second kappa shape index (κ2) is 11.0. The van der Waals surface area contributed by atoms with Crippen LogP contribution in [0.5, 0.6) is 11.5 Å². The van der Waals surface area contributed by atoms with Crippen LogP contribution in [0.25, 0.3) is 0 Å². The highest BCUT2D eigenvalue weighted by Gasteiger charge is 2.12. The third-order valence-corrected chi connectivity index (χ3v) is 6.11. The van der Waals surface area contributed by atoms with Gasteiger partial charge in [0.15, 0.2) is 17.5 Å². The van der Waals surface area contributed by atoms with Gasteiger partial charge < -0.3 is 19.7 Å². The zero-order valence-electron chi connectivity index (χ0n) is 16.6. The Kier molecular flexibility index (Phi) is 8.74.